The first-order valence-electron chi connectivity index (χ1n) is 10.9. The van der Waals surface area contributed by atoms with Gasteiger partial charge < -0.3 is 10.1 Å². The van der Waals surface area contributed by atoms with Crippen molar-refractivity contribution in [1.29, 1.82) is 0 Å². The number of carbonyl (C=O) groups excluding carboxylic acids is 1. The lowest BCUT2D eigenvalue weighted by molar-refractivity contribution is -0.113. The number of rotatable bonds is 5. The quantitative estimate of drug-likeness (QED) is 0.410. The number of methoxy groups -OCH3 is 1. The zero-order valence-corrected chi connectivity index (χ0v) is 21.2. The maximum absolute atomic E-state index is 12.7. The van der Waals surface area contributed by atoms with Crippen LogP contribution in [0.4, 0.5) is 17.1 Å². The van der Waals surface area contributed by atoms with Crippen LogP contribution < -0.4 is 10.1 Å². The van der Waals surface area contributed by atoms with Gasteiger partial charge in [-0.15, -0.1) is 11.8 Å². The maximum atomic E-state index is 12.7. The Hall–Kier alpha value is -3.09. The number of nitrogens with one attached hydrogen (secondary N) is 1. The normalized spacial score (nSPS) is 12.9. The zero-order valence-electron chi connectivity index (χ0n) is 19.6. The maximum Gasteiger partial charge on any atom is 0.234 e. The van der Waals surface area contributed by atoms with Crippen molar-refractivity contribution in [3.8, 4) is 5.75 Å². The lowest BCUT2D eigenvalue weighted by Crippen LogP contribution is -2.17. The number of anilines is 1. The Balaban J connectivity index is 1.59. The highest BCUT2D eigenvalue weighted by Crippen LogP contribution is 2.36. The Bertz CT molecular complexity index is 1300. The summed E-state index contributed by atoms with van der Waals surface area (Å²) in [6.07, 6.45) is 0.535. The summed E-state index contributed by atoms with van der Waals surface area (Å²) in [4.78, 5) is 22.6. The number of hydrogen-bond acceptors (Lipinski definition) is 5. The van der Waals surface area contributed by atoms with Crippen molar-refractivity contribution in [1.82, 2.24) is 0 Å². The molecule has 0 fully saturated rings. The molecule has 0 unspecified atom stereocenters. The van der Waals surface area contributed by atoms with Gasteiger partial charge in [-0.3, -0.25) is 9.79 Å². The van der Waals surface area contributed by atoms with E-state index in [1.165, 1.54) is 17.3 Å². The van der Waals surface area contributed by atoms with E-state index in [0.29, 0.717) is 11.4 Å². The molecule has 3 aromatic rings. The third-order valence-corrected chi connectivity index (χ3v) is 7.13. The number of ether oxygens (including phenoxy) is 1. The standard InChI is InChI=1S/C27H26ClN3O2S/c1-16-12-24-25(13-17(16)2)31-27(14-23(29-24)19-8-10-20(33-4)11-9-19)34-15-26(32)30-22-7-5-6-21(28)18(22)3/h5-13H,14-15H2,1-4H3,(H,30,32). The second kappa shape index (κ2) is 10.5. The molecule has 34 heavy (non-hydrogen) atoms. The number of nitrogens with zero attached hydrogens (tertiary/aromatic N) is 2. The molecule has 1 heterocycles. The van der Waals surface area contributed by atoms with Gasteiger partial charge in [-0.05, 0) is 91.6 Å². The molecule has 0 saturated carbocycles. The van der Waals surface area contributed by atoms with E-state index in [0.717, 1.165) is 50.3 Å². The van der Waals surface area contributed by atoms with Crippen molar-refractivity contribution in [3.63, 3.8) is 0 Å². The molecule has 3 aromatic carbocycles. The van der Waals surface area contributed by atoms with Gasteiger partial charge in [-0.2, -0.15) is 0 Å². The van der Waals surface area contributed by atoms with Gasteiger partial charge in [0.2, 0.25) is 5.91 Å². The molecule has 1 N–H and O–H groups in total. The van der Waals surface area contributed by atoms with E-state index in [1.54, 1.807) is 7.11 Å². The number of amides is 1. The largest absolute Gasteiger partial charge is 0.497 e. The van der Waals surface area contributed by atoms with Gasteiger partial charge in [0.05, 0.1) is 35.0 Å². The number of aliphatic imine (C=N–C) groups is 2. The van der Waals surface area contributed by atoms with E-state index in [2.05, 4.69) is 31.3 Å². The number of halogens is 1. The van der Waals surface area contributed by atoms with Gasteiger partial charge in [-0.25, -0.2) is 4.99 Å². The highest BCUT2D eigenvalue weighted by molar-refractivity contribution is 8.14. The zero-order chi connectivity index (χ0) is 24.2. The summed E-state index contributed by atoms with van der Waals surface area (Å²) in [5.74, 6) is 0.924. The summed E-state index contributed by atoms with van der Waals surface area (Å²) in [7, 11) is 1.65. The molecule has 0 atom stereocenters. The molecule has 0 aliphatic carbocycles. The highest BCUT2D eigenvalue weighted by Gasteiger charge is 2.18. The monoisotopic (exact) mass is 491 g/mol. The van der Waals surface area contributed by atoms with Crippen LogP contribution in [-0.2, 0) is 4.79 Å². The van der Waals surface area contributed by atoms with E-state index in [-0.39, 0.29) is 11.7 Å². The van der Waals surface area contributed by atoms with Crippen molar-refractivity contribution in [2.45, 2.75) is 27.2 Å². The van der Waals surface area contributed by atoms with E-state index in [1.807, 2.05) is 49.4 Å². The lowest BCUT2D eigenvalue weighted by Gasteiger charge is -2.10. The number of hydrogen-bond donors (Lipinski definition) is 1. The number of aryl methyl sites for hydroxylation is 2. The van der Waals surface area contributed by atoms with Crippen LogP contribution >= 0.6 is 23.4 Å². The molecular weight excluding hydrogens is 466 g/mol. The van der Waals surface area contributed by atoms with E-state index >= 15 is 0 Å². The van der Waals surface area contributed by atoms with Crippen molar-refractivity contribution >= 4 is 57.1 Å². The Morgan fingerprint density at radius 3 is 2.38 bits per heavy atom. The van der Waals surface area contributed by atoms with Gasteiger partial charge in [0.15, 0.2) is 0 Å². The number of benzene rings is 3. The molecule has 5 nitrogen and oxygen atoms in total. The minimum Gasteiger partial charge on any atom is -0.497 e. The predicted octanol–water partition coefficient (Wildman–Crippen LogP) is 7.20. The average Bonchev–Trinajstić information content (AvgIpc) is 3.00. The molecule has 1 aliphatic heterocycles. The minimum atomic E-state index is -0.106. The first-order chi connectivity index (χ1) is 16.3. The summed E-state index contributed by atoms with van der Waals surface area (Å²) in [5, 5.41) is 4.42. The number of fused-ring (bicyclic) bond motifs is 1. The molecule has 0 saturated heterocycles. The van der Waals surface area contributed by atoms with Crippen LogP contribution in [0.1, 0.15) is 28.7 Å². The Kier molecular flexibility index (Phi) is 7.39. The van der Waals surface area contributed by atoms with Gasteiger partial charge in [0.1, 0.15) is 5.75 Å². The second-order valence-corrected chi connectivity index (χ2v) is 9.60. The van der Waals surface area contributed by atoms with Crippen LogP contribution in [0.3, 0.4) is 0 Å². The molecule has 0 aromatic heterocycles. The smallest absolute Gasteiger partial charge is 0.234 e. The third-order valence-electron chi connectivity index (χ3n) is 5.75. The summed E-state index contributed by atoms with van der Waals surface area (Å²) in [6, 6.07) is 17.5. The summed E-state index contributed by atoms with van der Waals surface area (Å²) < 4.78 is 5.30. The number of carbonyl (C=O) groups is 1. The Labute approximate surface area is 209 Å². The number of thioether (sulfide) groups is 1. The van der Waals surface area contributed by atoms with E-state index in [9.17, 15) is 4.79 Å². The van der Waals surface area contributed by atoms with Gasteiger partial charge >= 0.3 is 0 Å². The molecule has 1 aliphatic rings. The third kappa shape index (κ3) is 5.51. The fourth-order valence-electron chi connectivity index (χ4n) is 3.58. The molecule has 4 rings (SSSR count). The molecular formula is C27H26ClN3O2S. The molecule has 0 bridgehead atoms. The predicted molar refractivity (Wildman–Crippen MR) is 144 cm³/mol. The van der Waals surface area contributed by atoms with Crippen LogP contribution in [0.25, 0.3) is 0 Å². The topological polar surface area (TPSA) is 63.1 Å². The van der Waals surface area contributed by atoms with Crippen molar-refractivity contribution in [3.05, 3.63) is 81.9 Å². The van der Waals surface area contributed by atoms with E-state index < -0.39 is 0 Å². The van der Waals surface area contributed by atoms with Gasteiger partial charge in [0.25, 0.3) is 0 Å². The molecule has 174 valence electrons. The van der Waals surface area contributed by atoms with Crippen LogP contribution in [0.5, 0.6) is 5.75 Å². The lowest BCUT2D eigenvalue weighted by atomic mass is 10.1. The first kappa shape index (κ1) is 24.0. The van der Waals surface area contributed by atoms with Crippen LogP contribution in [0.2, 0.25) is 5.02 Å². The first-order valence-corrected chi connectivity index (χ1v) is 12.3. The average molecular weight is 492 g/mol. The molecule has 1 amide bonds. The Morgan fingerprint density at radius 2 is 1.71 bits per heavy atom. The van der Waals surface area contributed by atoms with Crippen LogP contribution in [0.15, 0.2) is 64.6 Å². The summed E-state index contributed by atoms with van der Waals surface area (Å²) in [5.41, 5.74) is 7.45. The fourth-order valence-corrected chi connectivity index (χ4v) is 4.52. The van der Waals surface area contributed by atoms with Crippen molar-refractivity contribution in [2.75, 3.05) is 18.2 Å². The summed E-state index contributed by atoms with van der Waals surface area (Å²) in [6.45, 7) is 6.03. The highest BCUT2D eigenvalue weighted by atomic mass is 35.5. The van der Waals surface area contributed by atoms with Crippen molar-refractivity contribution in [2.24, 2.45) is 9.98 Å². The van der Waals surface area contributed by atoms with Gasteiger partial charge in [-0.1, -0.05) is 17.7 Å². The molecule has 7 heteroatoms. The second-order valence-electron chi connectivity index (χ2n) is 8.14. The molecule has 0 radical (unpaired) electrons. The van der Waals surface area contributed by atoms with Crippen LogP contribution in [-0.4, -0.2) is 29.5 Å². The SMILES string of the molecule is COc1ccc(C2=Nc3cc(C)c(C)cc3N=C(SCC(=O)Nc3cccc(Cl)c3C)C2)cc1. The Morgan fingerprint density at radius 1 is 1.03 bits per heavy atom. The van der Waals surface area contributed by atoms with Gasteiger partial charge in [0, 0.05) is 17.1 Å². The molecule has 0 spiro atoms. The summed E-state index contributed by atoms with van der Waals surface area (Å²) >= 11 is 7.61. The van der Waals surface area contributed by atoms with E-state index in [4.69, 9.17) is 26.3 Å². The fraction of sp³-hybridized carbons (Fsp3) is 0.222. The van der Waals surface area contributed by atoms with Crippen molar-refractivity contribution < 1.29 is 9.53 Å². The van der Waals surface area contributed by atoms with Crippen LogP contribution in [0, 0.1) is 20.8 Å². The minimum absolute atomic E-state index is 0.106.